The van der Waals surface area contributed by atoms with Gasteiger partial charge in [0.25, 0.3) is 0 Å². The van der Waals surface area contributed by atoms with Gasteiger partial charge in [-0.2, -0.15) is 0 Å². The molecule has 0 unspecified atom stereocenters. The van der Waals surface area contributed by atoms with Crippen molar-refractivity contribution in [2.45, 2.75) is 184 Å². The highest BCUT2D eigenvalue weighted by Gasteiger charge is 2.53. The third-order valence-corrected chi connectivity index (χ3v) is 11.3. The van der Waals surface area contributed by atoms with Crippen molar-refractivity contribution >= 4 is 24.2 Å². The number of aliphatic hydroxyl groups excluding tert-OH is 2. The molecule has 4 aliphatic heterocycles. The summed E-state index contributed by atoms with van der Waals surface area (Å²) < 4.78 is 54.1. The summed E-state index contributed by atoms with van der Waals surface area (Å²) in [5, 5.41) is 34.5. The van der Waals surface area contributed by atoms with Gasteiger partial charge in [0.15, 0.2) is 18.7 Å². The van der Waals surface area contributed by atoms with E-state index in [1.807, 2.05) is 6.92 Å². The van der Waals surface area contributed by atoms with E-state index in [1.54, 1.807) is 65.8 Å². The average Bonchev–Trinajstić information content (AvgIpc) is 3.86. The molecule has 0 bridgehead atoms. The maximum atomic E-state index is 13.3. The Morgan fingerprint density at radius 2 is 1.68 bits per heavy atom. The van der Waals surface area contributed by atoms with E-state index in [9.17, 15) is 34.5 Å². The van der Waals surface area contributed by atoms with Crippen molar-refractivity contribution in [3.63, 3.8) is 0 Å². The summed E-state index contributed by atoms with van der Waals surface area (Å²) >= 11 is 0. The van der Waals surface area contributed by atoms with Crippen LogP contribution in [0, 0.1) is 11.8 Å². The smallest absolute Gasteiger partial charge is 0.309 e. The van der Waals surface area contributed by atoms with Crippen LogP contribution in [-0.4, -0.2) is 163 Å². The molecule has 0 amide bonds. The van der Waals surface area contributed by atoms with Crippen LogP contribution in [0.2, 0.25) is 0 Å². The number of esters is 3. The number of rotatable bonds is 11. The number of carbonyl (C=O) groups excluding carboxylic acids is 4. The van der Waals surface area contributed by atoms with Gasteiger partial charge in [-0.1, -0.05) is 26.0 Å². The van der Waals surface area contributed by atoms with E-state index in [4.69, 9.17) is 42.6 Å². The number of ether oxygens (including phenoxy) is 9. The fraction of sp³-hybridized carbons (Fsp3) is 0.850. The molecular weight excluding hydrogens is 750 g/mol. The number of hydrogen-bond donors (Lipinski definition) is 3. The van der Waals surface area contributed by atoms with Crippen LogP contribution < -0.4 is 0 Å². The molecule has 0 saturated carbocycles. The number of hydrogen-bond acceptors (Lipinski definition) is 17. The molecular formula is C40H65NO16. The number of methoxy groups -OCH3 is 1. The van der Waals surface area contributed by atoms with E-state index in [0.29, 0.717) is 12.7 Å². The number of fused-ring (bicyclic) bond motifs is 1. The van der Waals surface area contributed by atoms with Crippen LogP contribution in [0.1, 0.15) is 87.0 Å². The van der Waals surface area contributed by atoms with Gasteiger partial charge in [0, 0.05) is 39.7 Å². The number of epoxide rings is 1. The van der Waals surface area contributed by atoms with Gasteiger partial charge in [-0.15, -0.1) is 0 Å². The average molecular weight is 816 g/mol. The van der Waals surface area contributed by atoms with E-state index in [1.165, 1.54) is 14.0 Å². The van der Waals surface area contributed by atoms with Crippen LogP contribution in [0.4, 0.5) is 0 Å². The number of nitrogens with zero attached hydrogens (tertiary/aromatic N) is 1. The van der Waals surface area contributed by atoms with E-state index in [-0.39, 0.29) is 37.9 Å². The first-order chi connectivity index (χ1) is 26.8. The predicted molar refractivity (Wildman–Crippen MR) is 200 cm³/mol. The molecule has 4 aliphatic rings. The van der Waals surface area contributed by atoms with Crippen molar-refractivity contribution in [2.24, 2.45) is 11.8 Å². The fourth-order valence-corrected chi connectivity index (χ4v) is 8.32. The molecule has 0 spiro atoms. The van der Waals surface area contributed by atoms with E-state index in [0.717, 1.165) is 0 Å². The summed E-state index contributed by atoms with van der Waals surface area (Å²) in [4.78, 5) is 51.9. The number of cyclic esters (lactones) is 1. The van der Waals surface area contributed by atoms with Crippen LogP contribution in [0.3, 0.4) is 0 Å². The topological polar surface area (TPSA) is 219 Å². The molecule has 4 rings (SSSR count). The molecule has 18 atom stereocenters. The normalized spacial score (nSPS) is 44.0. The van der Waals surface area contributed by atoms with Gasteiger partial charge in [0.2, 0.25) is 0 Å². The molecule has 326 valence electrons. The Balaban J connectivity index is 1.65. The van der Waals surface area contributed by atoms with Crippen LogP contribution >= 0.6 is 0 Å². The zero-order valence-electron chi connectivity index (χ0n) is 34.9. The lowest BCUT2D eigenvalue weighted by molar-refractivity contribution is -0.344. The van der Waals surface area contributed by atoms with Crippen molar-refractivity contribution in [3.05, 3.63) is 12.2 Å². The second kappa shape index (κ2) is 20.6. The van der Waals surface area contributed by atoms with Crippen LogP contribution in [0.25, 0.3) is 0 Å². The highest BCUT2D eigenvalue weighted by Crippen LogP contribution is 2.38. The molecule has 3 fully saturated rings. The second-order valence-electron chi connectivity index (χ2n) is 16.4. The van der Waals surface area contributed by atoms with Crippen molar-refractivity contribution < 1.29 is 77.1 Å². The Morgan fingerprint density at radius 3 is 2.28 bits per heavy atom. The van der Waals surface area contributed by atoms with Crippen molar-refractivity contribution in [2.75, 3.05) is 21.2 Å². The van der Waals surface area contributed by atoms with E-state index in [2.05, 4.69) is 0 Å². The molecule has 0 aromatic carbocycles. The summed E-state index contributed by atoms with van der Waals surface area (Å²) in [5.41, 5.74) is -1.49. The van der Waals surface area contributed by atoms with Gasteiger partial charge in [0.1, 0.15) is 48.5 Å². The first kappa shape index (κ1) is 47.1. The molecule has 0 aromatic heterocycles. The lowest BCUT2D eigenvalue weighted by Crippen LogP contribution is -2.66. The number of aliphatic hydroxyl groups is 3. The summed E-state index contributed by atoms with van der Waals surface area (Å²) in [7, 11) is 4.84. The minimum atomic E-state index is -1.49. The Labute approximate surface area is 335 Å². The molecule has 0 aliphatic carbocycles. The molecule has 0 radical (unpaired) electrons. The first-order valence-corrected chi connectivity index (χ1v) is 20.0. The van der Waals surface area contributed by atoms with Crippen molar-refractivity contribution in [1.29, 1.82) is 0 Å². The van der Waals surface area contributed by atoms with Gasteiger partial charge in [-0.05, 0) is 60.0 Å². The minimum absolute atomic E-state index is 0.0460. The number of aldehydes is 1. The summed E-state index contributed by atoms with van der Waals surface area (Å²) in [5.74, 6) is -2.95. The quantitative estimate of drug-likeness (QED) is 0.0887. The van der Waals surface area contributed by atoms with Crippen LogP contribution in [0.15, 0.2) is 12.2 Å². The molecule has 3 saturated heterocycles. The first-order valence-electron chi connectivity index (χ1n) is 20.0. The van der Waals surface area contributed by atoms with Crippen LogP contribution in [0.5, 0.6) is 0 Å². The van der Waals surface area contributed by atoms with Crippen molar-refractivity contribution in [1.82, 2.24) is 4.90 Å². The minimum Gasteiger partial charge on any atom is -0.462 e. The highest BCUT2D eigenvalue weighted by atomic mass is 16.7. The molecule has 4 heterocycles. The van der Waals surface area contributed by atoms with Gasteiger partial charge in [-0.3, -0.25) is 14.4 Å². The fourth-order valence-electron chi connectivity index (χ4n) is 8.32. The van der Waals surface area contributed by atoms with E-state index < -0.39 is 121 Å². The third kappa shape index (κ3) is 12.5. The number of likely N-dealkylation sites (N-methyl/N-ethyl adjacent to an activating group) is 1. The Bertz CT molecular complexity index is 1380. The van der Waals surface area contributed by atoms with Crippen molar-refractivity contribution in [3.8, 4) is 0 Å². The lowest BCUT2D eigenvalue weighted by Gasteiger charge is -2.50. The standard InChI is InChI=1S/C40H65NO16/c1-11-30(45)55-38-23(5)51-32(19-40(38,7)48)56-35-22(4)52-39(34(47)33(35)41(8)9)57-36-25(14-15-42)16-20(2)26(44)12-13-27-28(54-27)17-21(3)50-31(46)18-29(37(36)49-10)53-24(6)43/h12-13,15,20-23,25-29,32-39,44,47-48H,11,14,16-19H2,1-10H3/b13-12+/t20-,21+,22-,23-,25+,26+,27-,28-,29-,32-,33-,34-,35-,36+,37-,38-,39-,40+/m0/s1. The maximum Gasteiger partial charge on any atom is 0.309 e. The zero-order chi connectivity index (χ0) is 42.4. The third-order valence-electron chi connectivity index (χ3n) is 11.3. The lowest BCUT2D eigenvalue weighted by atomic mass is 9.82. The number of carbonyl (C=O) groups is 4. The SMILES string of the molecule is CCC(=O)O[C@H]1[C@H](C)O[C@@H](O[C@@H]2[C@@H](N(C)C)[C@H](O)[C@H](O[C@@H]3[C@H](CC=O)C[C@H](C)[C@H](O)/C=C/[C@@H]4O[C@H]4C[C@@H](C)OC(=O)C[C@H](OC(C)=O)[C@@H]3OC)O[C@H]2C)C[C@@]1(C)O. The largest absolute Gasteiger partial charge is 0.462 e. The van der Waals surface area contributed by atoms with Gasteiger partial charge in [0.05, 0.1) is 43.0 Å². The van der Waals surface area contributed by atoms with E-state index >= 15 is 0 Å². The van der Waals surface area contributed by atoms with Gasteiger partial charge < -0.3 is 67.6 Å². The molecule has 3 N–H and O–H groups in total. The Hall–Kier alpha value is -2.58. The summed E-state index contributed by atoms with van der Waals surface area (Å²) in [6.07, 6.45) is -8.10. The summed E-state index contributed by atoms with van der Waals surface area (Å²) in [6.45, 7) is 11.4. The zero-order valence-corrected chi connectivity index (χ0v) is 34.9. The Morgan fingerprint density at radius 1 is 0.982 bits per heavy atom. The Kier molecular flexibility index (Phi) is 17.0. The molecule has 0 aromatic rings. The highest BCUT2D eigenvalue weighted by molar-refractivity contribution is 5.72. The molecule has 17 nitrogen and oxygen atoms in total. The maximum absolute atomic E-state index is 13.3. The predicted octanol–water partition coefficient (Wildman–Crippen LogP) is 1.59. The molecule has 57 heavy (non-hydrogen) atoms. The van der Waals surface area contributed by atoms with Gasteiger partial charge >= 0.3 is 17.9 Å². The summed E-state index contributed by atoms with van der Waals surface area (Å²) in [6, 6.07) is -0.782. The van der Waals surface area contributed by atoms with Crippen LogP contribution in [-0.2, 0) is 61.8 Å². The second-order valence-corrected chi connectivity index (χ2v) is 16.4. The molecule has 17 heteroatoms. The van der Waals surface area contributed by atoms with Gasteiger partial charge in [-0.25, -0.2) is 0 Å². The monoisotopic (exact) mass is 815 g/mol.